The first-order valence-electron chi connectivity index (χ1n) is 6.99. The van der Waals surface area contributed by atoms with Gasteiger partial charge in [0.05, 0.1) is 25.3 Å². The molecule has 1 aromatic rings. The second kappa shape index (κ2) is 8.03. The highest BCUT2D eigenvalue weighted by molar-refractivity contribution is 7.99. The Balaban J connectivity index is 1.87. The summed E-state index contributed by atoms with van der Waals surface area (Å²) in [7, 11) is 0. The van der Waals surface area contributed by atoms with Crippen molar-refractivity contribution in [2.24, 2.45) is 0 Å². The van der Waals surface area contributed by atoms with Crippen molar-refractivity contribution >= 4 is 11.8 Å². The van der Waals surface area contributed by atoms with E-state index in [4.69, 9.17) is 14.7 Å². The van der Waals surface area contributed by atoms with Crippen LogP contribution in [0.3, 0.4) is 0 Å². The Bertz CT molecular complexity index is 473. The zero-order valence-corrected chi connectivity index (χ0v) is 12.5. The summed E-state index contributed by atoms with van der Waals surface area (Å²) in [6, 6.07) is 8.26. The van der Waals surface area contributed by atoms with Gasteiger partial charge in [-0.3, -0.25) is 0 Å². The molecule has 5 heteroatoms. The largest absolute Gasteiger partial charge is 0.490 e. The van der Waals surface area contributed by atoms with Gasteiger partial charge < -0.3 is 14.8 Å². The van der Waals surface area contributed by atoms with E-state index in [1.54, 1.807) is 11.8 Å². The van der Waals surface area contributed by atoms with E-state index in [9.17, 15) is 0 Å². The summed E-state index contributed by atoms with van der Waals surface area (Å²) in [5.41, 5.74) is 0. The number of hydrogen-bond donors (Lipinski definition) is 1. The molecule has 1 aromatic carbocycles. The van der Waals surface area contributed by atoms with E-state index in [0.29, 0.717) is 13.2 Å². The molecule has 0 aliphatic carbocycles. The van der Waals surface area contributed by atoms with Gasteiger partial charge in [-0.25, -0.2) is 0 Å². The Morgan fingerprint density at radius 2 is 2.15 bits per heavy atom. The van der Waals surface area contributed by atoms with Crippen molar-refractivity contribution in [2.75, 3.05) is 25.5 Å². The summed E-state index contributed by atoms with van der Waals surface area (Å²) in [5, 5.41) is 12.1. The quantitative estimate of drug-likeness (QED) is 0.817. The van der Waals surface area contributed by atoms with E-state index < -0.39 is 0 Å². The standard InChI is InChI=1S/C15H20N2O2S/c1-2-17-12(11-16)6-9-20-13-4-5-14-15(10-13)19-8-3-7-18-14/h4-5,10,12,17H,2-3,6-9H2,1H3. The average molecular weight is 292 g/mol. The lowest BCUT2D eigenvalue weighted by atomic mass is 10.2. The Labute approximate surface area is 124 Å². The van der Waals surface area contributed by atoms with Crippen LogP contribution in [0.4, 0.5) is 0 Å². The van der Waals surface area contributed by atoms with Crippen LogP contribution in [0, 0.1) is 11.3 Å². The number of nitrogens with one attached hydrogen (secondary N) is 1. The number of nitrogens with zero attached hydrogens (tertiary/aromatic N) is 1. The molecule has 0 saturated heterocycles. The Hall–Kier alpha value is -1.38. The zero-order chi connectivity index (χ0) is 14.2. The molecule has 20 heavy (non-hydrogen) atoms. The lowest BCUT2D eigenvalue weighted by Gasteiger charge is -2.11. The third-order valence-electron chi connectivity index (χ3n) is 3.00. The highest BCUT2D eigenvalue weighted by Gasteiger charge is 2.11. The van der Waals surface area contributed by atoms with Crippen molar-refractivity contribution in [1.29, 1.82) is 5.26 Å². The molecule has 1 aliphatic rings. The zero-order valence-electron chi connectivity index (χ0n) is 11.7. The molecule has 0 bridgehead atoms. The normalized spacial score (nSPS) is 15.2. The van der Waals surface area contributed by atoms with Gasteiger partial charge in [-0.1, -0.05) is 6.92 Å². The molecule has 4 nitrogen and oxygen atoms in total. The molecule has 1 unspecified atom stereocenters. The van der Waals surface area contributed by atoms with Gasteiger partial charge in [0, 0.05) is 17.1 Å². The molecule has 1 atom stereocenters. The van der Waals surface area contributed by atoms with Gasteiger partial charge in [-0.05, 0) is 31.2 Å². The van der Waals surface area contributed by atoms with Gasteiger partial charge in [0.2, 0.25) is 0 Å². The SMILES string of the molecule is CCNC(C#N)CCSc1ccc2c(c1)OCCCO2. The number of nitriles is 1. The molecule has 108 valence electrons. The topological polar surface area (TPSA) is 54.3 Å². The first-order valence-corrected chi connectivity index (χ1v) is 7.97. The fourth-order valence-electron chi connectivity index (χ4n) is 1.99. The maximum absolute atomic E-state index is 8.99. The molecule has 2 rings (SSSR count). The molecule has 1 aliphatic heterocycles. The smallest absolute Gasteiger partial charge is 0.162 e. The lowest BCUT2D eigenvalue weighted by Crippen LogP contribution is -2.27. The molecule has 1 heterocycles. The number of ether oxygens (including phenoxy) is 2. The highest BCUT2D eigenvalue weighted by Crippen LogP contribution is 2.34. The Morgan fingerprint density at radius 1 is 1.35 bits per heavy atom. The summed E-state index contributed by atoms with van der Waals surface area (Å²) in [6.45, 7) is 4.26. The minimum absolute atomic E-state index is 0.0621. The fourth-order valence-corrected chi connectivity index (χ4v) is 2.93. The maximum atomic E-state index is 8.99. The highest BCUT2D eigenvalue weighted by atomic mass is 32.2. The van der Waals surface area contributed by atoms with Crippen molar-refractivity contribution < 1.29 is 9.47 Å². The Kier molecular flexibility index (Phi) is 6.03. The van der Waals surface area contributed by atoms with E-state index in [-0.39, 0.29) is 6.04 Å². The summed E-state index contributed by atoms with van der Waals surface area (Å²) in [4.78, 5) is 1.16. The first-order chi connectivity index (χ1) is 9.83. The van der Waals surface area contributed by atoms with Gasteiger partial charge in [-0.2, -0.15) is 5.26 Å². The second-order valence-electron chi connectivity index (χ2n) is 4.54. The van der Waals surface area contributed by atoms with Crippen molar-refractivity contribution in [2.45, 2.75) is 30.7 Å². The van der Waals surface area contributed by atoms with Gasteiger partial charge in [0.15, 0.2) is 11.5 Å². The predicted molar refractivity (Wildman–Crippen MR) is 80.5 cm³/mol. The molecular formula is C15H20N2O2S. The van der Waals surface area contributed by atoms with Gasteiger partial charge >= 0.3 is 0 Å². The second-order valence-corrected chi connectivity index (χ2v) is 5.70. The number of benzene rings is 1. The van der Waals surface area contributed by atoms with E-state index in [1.807, 2.05) is 25.1 Å². The molecule has 1 N–H and O–H groups in total. The number of fused-ring (bicyclic) bond motifs is 1. The van der Waals surface area contributed by atoms with Crippen molar-refractivity contribution in [3.8, 4) is 17.6 Å². The summed E-state index contributed by atoms with van der Waals surface area (Å²) in [5.74, 6) is 2.57. The average Bonchev–Trinajstić information content (AvgIpc) is 2.71. The van der Waals surface area contributed by atoms with Crippen molar-refractivity contribution in [3.63, 3.8) is 0 Å². The van der Waals surface area contributed by atoms with Crippen LogP contribution >= 0.6 is 11.8 Å². The maximum Gasteiger partial charge on any atom is 0.162 e. The van der Waals surface area contributed by atoms with Crippen LogP contribution in [-0.4, -0.2) is 31.6 Å². The molecule has 0 radical (unpaired) electrons. The van der Waals surface area contributed by atoms with Gasteiger partial charge in [0.25, 0.3) is 0 Å². The molecule has 0 fully saturated rings. The van der Waals surface area contributed by atoms with Gasteiger partial charge in [0.1, 0.15) is 0 Å². The predicted octanol–water partition coefficient (Wildman–Crippen LogP) is 2.83. The monoisotopic (exact) mass is 292 g/mol. The van der Waals surface area contributed by atoms with E-state index in [2.05, 4.69) is 11.4 Å². The van der Waals surface area contributed by atoms with Crippen LogP contribution < -0.4 is 14.8 Å². The molecular weight excluding hydrogens is 272 g/mol. The first kappa shape index (κ1) is 15.0. The molecule has 0 amide bonds. The molecule has 0 saturated carbocycles. The van der Waals surface area contributed by atoms with E-state index in [1.165, 1.54) is 0 Å². The number of rotatable bonds is 6. The number of thioether (sulfide) groups is 1. The van der Waals surface area contributed by atoms with Crippen LogP contribution in [-0.2, 0) is 0 Å². The van der Waals surface area contributed by atoms with Crippen LogP contribution in [0.25, 0.3) is 0 Å². The van der Waals surface area contributed by atoms with E-state index >= 15 is 0 Å². The minimum Gasteiger partial charge on any atom is -0.490 e. The Morgan fingerprint density at radius 3 is 2.90 bits per heavy atom. The lowest BCUT2D eigenvalue weighted by molar-refractivity contribution is 0.297. The van der Waals surface area contributed by atoms with Crippen LogP contribution in [0.15, 0.2) is 23.1 Å². The summed E-state index contributed by atoms with van der Waals surface area (Å²) in [6.07, 6.45) is 1.76. The van der Waals surface area contributed by atoms with Gasteiger partial charge in [-0.15, -0.1) is 11.8 Å². The third-order valence-corrected chi connectivity index (χ3v) is 4.03. The minimum atomic E-state index is -0.0621. The molecule has 0 aromatic heterocycles. The molecule has 0 spiro atoms. The van der Waals surface area contributed by atoms with Crippen molar-refractivity contribution in [3.05, 3.63) is 18.2 Å². The summed E-state index contributed by atoms with van der Waals surface area (Å²) >= 11 is 1.74. The van der Waals surface area contributed by atoms with Crippen LogP contribution in [0.5, 0.6) is 11.5 Å². The van der Waals surface area contributed by atoms with Crippen molar-refractivity contribution in [1.82, 2.24) is 5.32 Å². The third kappa shape index (κ3) is 4.32. The van der Waals surface area contributed by atoms with Crippen LogP contribution in [0.2, 0.25) is 0 Å². The number of hydrogen-bond acceptors (Lipinski definition) is 5. The summed E-state index contributed by atoms with van der Waals surface area (Å²) < 4.78 is 11.3. The van der Waals surface area contributed by atoms with E-state index in [0.717, 1.165) is 41.5 Å². The van der Waals surface area contributed by atoms with Crippen LogP contribution in [0.1, 0.15) is 19.8 Å². The fraction of sp³-hybridized carbons (Fsp3) is 0.533.